The van der Waals surface area contributed by atoms with Gasteiger partial charge in [0.1, 0.15) is 22.6 Å². The Morgan fingerprint density at radius 3 is 1.90 bits per heavy atom. The number of rotatable bonds is 4. The number of hydrogen-bond acceptors (Lipinski definition) is 3. The van der Waals surface area contributed by atoms with Crippen LogP contribution in [0.3, 0.4) is 0 Å². The summed E-state index contributed by atoms with van der Waals surface area (Å²) >= 11 is 0. The summed E-state index contributed by atoms with van der Waals surface area (Å²) in [5, 5.41) is 3.25. The number of carbonyl (C=O) groups excluding carboxylic acids is 1. The summed E-state index contributed by atoms with van der Waals surface area (Å²) in [4.78, 5) is 12.8. The van der Waals surface area contributed by atoms with Gasteiger partial charge in [-0.2, -0.15) is 0 Å². The van der Waals surface area contributed by atoms with Crippen molar-refractivity contribution in [2.45, 2.75) is 31.9 Å². The summed E-state index contributed by atoms with van der Waals surface area (Å²) in [5.41, 5.74) is 2.55. The van der Waals surface area contributed by atoms with Gasteiger partial charge >= 0.3 is 0 Å². The SMILES string of the molecule is COc1ccc(C2(c3ccc(OC(C)(C)C)cc3)NC(=O)c3ccccc32)cc1. The van der Waals surface area contributed by atoms with E-state index in [4.69, 9.17) is 9.47 Å². The maximum Gasteiger partial charge on any atom is 0.252 e. The molecule has 4 nitrogen and oxygen atoms in total. The first kappa shape index (κ1) is 19.1. The highest BCUT2D eigenvalue weighted by Gasteiger charge is 2.45. The van der Waals surface area contributed by atoms with Crippen molar-refractivity contribution in [3.05, 3.63) is 95.1 Å². The molecular weight excluding hydrogens is 362 g/mol. The molecule has 1 N–H and O–H groups in total. The van der Waals surface area contributed by atoms with Gasteiger partial charge in [-0.15, -0.1) is 0 Å². The number of nitrogens with one attached hydrogen (secondary N) is 1. The van der Waals surface area contributed by atoms with Gasteiger partial charge < -0.3 is 14.8 Å². The van der Waals surface area contributed by atoms with Crippen molar-refractivity contribution < 1.29 is 14.3 Å². The predicted octanol–water partition coefficient (Wildman–Crippen LogP) is 4.91. The maximum absolute atomic E-state index is 12.8. The molecule has 0 fully saturated rings. The minimum atomic E-state index is -0.764. The molecule has 0 aromatic heterocycles. The van der Waals surface area contributed by atoms with Gasteiger partial charge in [0, 0.05) is 5.56 Å². The number of amides is 1. The smallest absolute Gasteiger partial charge is 0.252 e. The highest BCUT2D eigenvalue weighted by Crippen LogP contribution is 2.43. The van der Waals surface area contributed by atoms with E-state index in [2.05, 4.69) is 5.32 Å². The third-order valence-corrected chi connectivity index (χ3v) is 5.11. The summed E-state index contributed by atoms with van der Waals surface area (Å²) in [6.07, 6.45) is 0. The quantitative estimate of drug-likeness (QED) is 0.692. The lowest BCUT2D eigenvalue weighted by Gasteiger charge is -2.32. The Morgan fingerprint density at radius 2 is 1.34 bits per heavy atom. The lowest BCUT2D eigenvalue weighted by Crippen LogP contribution is -2.41. The van der Waals surface area contributed by atoms with Crippen molar-refractivity contribution in [1.82, 2.24) is 5.32 Å². The molecule has 0 saturated heterocycles. The van der Waals surface area contributed by atoms with Crippen LogP contribution >= 0.6 is 0 Å². The molecular formula is C25H25NO3. The van der Waals surface area contributed by atoms with E-state index >= 15 is 0 Å². The molecule has 1 heterocycles. The summed E-state index contributed by atoms with van der Waals surface area (Å²) in [5.74, 6) is 1.49. The fraction of sp³-hybridized carbons (Fsp3) is 0.240. The minimum Gasteiger partial charge on any atom is -0.497 e. The van der Waals surface area contributed by atoms with Gasteiger partial charge in [0.05, 0.1) is 7.11 Å². The molecule has 4 heteroatoms. The van der Waals surface area contributed by atoms with Gasteiger partial charge in [0.15, 0.2) is 0 Å². The molecule has 1 atom stereocenters. The second kappa shape index (κ2) is 6.96. The number of ether oxygens (including phenoxy) is 2. The summed E-state index contributed by atoms with van der Waals surface area (Å²) in [6, 6.07) is 23.5. The van der Waals surface area contributed by atoms with Crippen LogP contribution in [0.5, 0.6) is 11.5 Å². The van der Waals surface area contributed by atoms with Crippen LogP contribution in [0.25, 0.3) is 0 Å². The number of fused-ring (bicyclic) bond motifs is 1. The van der Waals surface area contributed by atoms with E-state index in [1.54, 1.807) is 7.11 Å². The molecule has 4 rings (SSSR count). The first-order valence-electron chi connectivity index (χ1n) is 9.69. The van der Waals surface area contributed by atoms with E-state index in [1.807, 2.05) is 93.6 Å². The first-order valence-corrected chi connectivity index (χ1v) is 9.69. The van der Waals surface area contributed by atoms with Gasteiger partial charge in [-0.1, -0.05) is 42.5 Å². The van der Waals surface area contributed by atoms with Gasteiger partial charge in [0.2, 0.25) is 0 Å². The van der Waals surface area contributed by atoms with Crippen LogP contribution in [0, 0.1) is 0 Å². The Balaban J connectivity index is 1.87. The molecule has 0 spiro atoms. The highest BCUT2D eigenvalue weighted by molar-refractivity contribution is 6.01. The van der Waals surface area contributed by atoms with E-state index in [1.165, 1.54) is 0 Å². The molecule has 148 valence electrons. The third-order valence-electron chi connectivity index (χ3n) is 5.11. The van der Waals surface area contributed by atoms with E-state index in [-0.39, 0.29) is 11.5 Å². The standard InChI is InChI=1S/C25H25NO3/c1-24(2,3)29-20-15-11-18(12-16-20)25(17-9-13-19(28-4)14-10-17)22-8-6-5-7-21(22)23(27)26-25/h5-16H,1-4H3,(H,26,27). The Morgan fingerprint density at radius 1 is 0.793 bits per heavy atom. The molecule has 29 heavy (non-hydrogen) atoms. The van der Waals surface area contributed by atoms with Crippen molar-refractivity contribution in [2.75, 3.05) is 7.11 Å². The fourth-order valence-electron chi connectivity index (χ4n) is 3.90. The van der Waals surface area contributed by atoms with Crippen LogP contribution in [0.15, 0.2) is 72.8 Å². The molecule has 0 radical (unpaired) electrons. The van der Waals surface area contributed by atoms with Crippen LogP contribution < -0.4 is 14.8 Å². The van der Waals surface area contributed by atoms with Crippen LogP contribution in [0.1, 0.15) is 47.8 Å². The zero-order valence-electron chi connectivity index (χ0n) is 17.2. The van der Waals surface area contributed by atoms with E-state index in [0.29, 0.717) is 5.56 Å². The molecule has 0 saturated carbocycles. The van der Waals surface area contributed by atoms with Crippen LogP contribution in [-0.2, 0) is 5.54 Å². The van der Waals surface area contributed by atoms with Gasteiger partial charge in [0.25, 0.3) is 5.91 Å². The summed E-state index contributed by atoms with van der Waals surface area (Å²) < 4.78 is 11.3. The number of benzene rings is 3. The topological polar surface area (TPSA) is 47.6 Å². The highest BCUT2D eigenvalue weighted by atomic mass is 16.5. The summed E-state index contributed by atoms with van der Waals surface area (Å²) in [6.45, 7) is 6.06. The normalized spacial score (nSPS) is 18.1. The Kier molecular flexibility index (Phi) is 4.58. The zero-order chi connectivity index (χ0) is 20.6. The van der Waals surface area contributed by atoms with Crippen LogP contribution in [-0.4, -0.2) is 18.6 Å². The molecule has 1 unspecified atom stereocenters. The fourth-order valence-corrected chi connectivity index (χ4v) is 3.90. The number of methoxy groups -OCH3 is 1. The number of carbonyl (C=O) groups is 1. The van der Waals surface area contributed by atoms with Crippen molar-refractivity contribution in [1.29, 1.82) is 0 Å². The molecule has 3 aromatic carbocycles. The molecule has 3 aromatic rings. The van der Waals surface area contributed by atoms with Crippen molar-refractivity contribution in [3.63, 3.8) is 0 Å². The molecule has 0 bridgehead atoms. The van der Waals surface area contributed by atoms with Crippen molar-refractivity contribution >= 4 is 5.91 Å². The Bertz CT molecular complexity index is 1030. The summed E-state index contributed by atoms with van der Waals surface area (Å²) in [7, 11) is 1.64. The van der Waals surface area contributed by atoms with E-state index < -0.39 is 5.54 Å². The van der Waals surface area contributed by atoms with Crippen LogP contribution in [0.2, 0.25) is 0 Å². The van der Waals surface area contributed by atoms with Gasteiger partial charge in [-0.25, -0.2) is 0 Å². The molecule has 1 amide bonds. The number of hydrogen-bond donors (Lipinski definition) is 1. The lowest BCUT2D eigenvalue weighted by atomic mass is 9.78. The largest absolute Gasteiger partial charge is 0.497 e. The molecule has 1 aliphatic rings. The average Bonchev–Trinajstić information content (AvgIpc) is 3.01. The molecule has 1 aliphatic heterocycles. The second-order valence-corrected chi connectivity index (χ2v) is 8.22. The van der Waals surface area contributed by atoms with Crippen molar-refractivity contribution in [3.8, 4) is 11.5 Å². The lowest BCUT2D eigenvalue weighted by molar-refractivity contribution is 0.0948. The van der Waals surface area contributed by atoms with Gasteiger partial charge in [-0.3, -0.25) is 4.79 Å². The van der Waals surface area contributed by atoms with Gasteiger partial charge in [-0.05, 0) is 67.8 Å². The Labute approximate surface area is 171 Å². The third kappa shape index (κ3) is 3.35. The predicted molar refractivity (Wildman–Crippen MR) is 114 cm³/mol. The van der Waals surface area contributed by atoms with Crippen molar-refractivity contribution in [2.24, 2.45) is 0 Å². The maximum atomic E-state index is 12.8. The molecule has 0 aliphatic carbocycles. The zero-order valence-corrected chi connectivity index (χ0v) is 17.2. The van der Waals surface area contributed by atoms with Crippen LogP contribution in [0.4, 0.5) is 0 Å². The Hall–Kier alpha value is -3.27. The van der Waals surface area contributed by atoms with E-state index in [0.717, 1.165) is 28.2 Å². The average molecular weight is 387 g/mol. The first-order chi connectivity index (χ1) is 13.8. The second-order valence-electron chi connectivity index (χ2n) is 8.22. The minimum absolute atomic E-state index is 0.0774. The van der Waals surface area contributed by atoms with E-state index in [9.17, 15) is 4.79 Å². The monoisotopic (exact) mass is 387 g/mol.